The van der Waals surface area contributed by atoms with Gasteiger partial charge in [0, 0.05) is 0 Å². The van der Waals surface area contributed by atoms with Crippen molar-refractivity contribution in [2.45, 2.75) is 30.8 Å². The number of rotatable bonds is 8. The molecular weight excluding hydrogens is 256 g/mol. The van der Waals surface area contributed by atoms with Crippen molar-refractivity contribution in [1.82, 2.24) is 0 Å². The first kappa shape index (κ1) is 15.6. The first-order valence-electron chi connectivity index (χ1n) is 4.71. The van der Waals surface area contributed by atoms with Gasteiger partial charge in [0.05, 0.1) is 6.61 Å². The Kier molecular flexibility index (Phi) is 6.16. The molecule has 0 fully saturated rings. The van der Waals surface area contributed by atoms with E-state index in [-0.39, 0.29) is 13.0 Å². The minimum absolute atomic E-state index is 0.186. The number of unbranched alkanes of at least 4 members (excludes halogenated alkanes) is 1. The summed E-state index contributed by atoms with van der Waals surface area (Å²) >= 11 is 0. The number of hydrogen-bond acceptors (Lipinski definition) is 5. The highest BCUT2D eigenvalue weighted by molar-refractivity contribution is 8.04. The van der Waals surface area contributed by atoms with Crippen molar-refractivity contribution in [1.29, 1.82) is 0 Å². The Balaban J connectivity index is 4.96. The predicted octanol–water partition coefficient (Wildman–Crippen LogP) is 0.923. The van der Waals surface area contributed by atoms with Gasteiger partial charge in [0.25, 0.3) is 20.2 Å². The Morgan fingerprint density at radius 3 is 2.31 bits per heavy atom. The van der Waals surface area contributed by atoms with E-state index in [0.29, 0.717) is 12.8 Å². The molecular formula is C8H16O6S2. The van der Waals surface area contributed by atoms with Gasteiger partial charge in [0.15, 0.2) is 0 Å². The van der Waals surface area contributed by atoms with Gasteiger partial charge in [-0.25, -0.2) is 0 Å². The highest BCUT2D eigenvalue weighted by atomic mass is 32.3. The first-order valence-corrected chi connectivity index (χ1v) is 7.68. The lowest BCUT2D eigenvalue weighted by atomic mass is 10.3. The largest absolute Gasteiger partial charge is 0.287 e. The number of hydrogen-bond donors (Lipinski definition) is 1. The summed E-state index contributed by atoms with van der Waals surface area (Å²) in [7, 11) is -9.00. The van der Waals surface area contributed by atoms with Crippen LogP contribution >= 0.6 is 0 Å². The second kappa shape index (κ2) is 6.33. The van der Waals surface area contributed by atoms with Gasteiger partial charge in [-0.05, 0) is 6.42 Å². The molecule has 0 aromatic rings. The molecule has 16 heavy (non-hydrogen) atoms. The molecule has 0 aliphatic heterocycles. The standard InChI is InChI=1S/C8H16O6S2/c1-3-5-6-8(15(9,10)11)16(12,13)14-7-4-2/h4,8H,2-3,5-7H2,1H3,(H,9,10,11). The van der Waals surface area contributed by atoms with Crippen molar-refractivity contribution in [3.05, 3.63) is 12.7 Å². The van der Waals surface area contributed by atoms with Crippen molar-refractivity contribution >= 4 is 20.2 Å². The maximum atomic E-state index is 11.4. The Labute approximate surface area is 96.2 Å². The summed E-state index contributed by atoms with van der Waals surface area (Å²) in [6.45, 7) is 4.70. The van der Waals surface area contributed by atoms with E-state index in [2.05, 4.69) is 10.8 Å². The fraction of sp³-hybridized carbons (Fsp3) is 0.750. The van der Waals surface area contributed by atoms with E-state index in [1.165, 1.54) is 6.08 Å². The van der Waals surface area contributed by atoms with Crippen molar-refractivity contribution < 1.29 is 25.6 Å². The minimum Gasteiger partial charge on any atom is -0.284 e. The molecule has 6 nitrogen and oxygen atoms in total. The smallest absolute Gasteiger partial charge is 0.284 e. The molecule has 0 aromatic heterocycles. The molecule has 0 saturated carbocycles. The van der Waals surface area contributed by atoms with E-state index in [1.807, 2.05) is 0 Å². The van der Waals surface area contributed by atoms with Crippen molar-refractivity contribution in [2.24, 2.45) is 0 Å². The van der Waals surface area contributed by atoms with Gasteiger partial charge in [-0.2, -0.15) is 16.8 Å². The van der Waals surface area contributed by atoms with Gasteiger partial charge >= 0.3 is 0 Å². The highest BCUT2D eigenvalue weighted by Gasteiger charge is 2.36. The molecule has 0 amide bonds. The zero-order chi connectivity index (χ0) is 12.8. The van der Waals surface area contributed by atoms with E-state index in [1.54, 1.807) is 6.92 Å². The zero-order valence-corrected chi connectivity index (χ0v) is 10.6. The maximum Gasteiger partial charge on any atom is 0.287 e. The average Bonchev–Trinajstić information content (AvgIpc) is 2.13. The van der Waals surface area contributed by atoms with Gasteiger partial charge in [-0.3, -0.25) is 8.74 Å². The van der Waals surface area contributed by atoms with E-state index in [9.17, 15) is 16.8 Å². The summed E-state index contributed by atoms with van der Waals surface area (Å²) in [4.78, 5) is 0. The molecule has 0 rings (SSSR count). The first-order chi connectivity index (χ1) is 7.25. The van der Waals surface area contributed by atoms with Crippen molar-refractivity contribution in [3.63, 3.8) is 0 Å². The Morgan fingerprint density at radius 1 is 1.38 bits per heavy atom. The minimum atomic E-state index is -4.67. The van der Waals surface area contributed by atoms with Gasteiger partial charge in [0.2, 0.25) is 4.58 Å². The van der Waals surface area contributed by atoms with Crippen molar-refractivity contribution in [2.75, 3.05) is 6.61 Å². The van der Waals surface area contributed by atoms with Crippen molar-refractivity contribution in [3.8, 4) is 0 Å². The third-order valence-corrected chi connectivity index (χ3v) is 5.48. The lowest BCUT2D eigenvalue weighted by molar-refractivity contribution is 0.350. The zero-order valence-electron chi connectivity index (χ0n) is 9.00. The van der Waals surface area contributed by atoms with Crippen LogP contribution in [0.4, 0.5) is 0 Å². The molecule has 0 aliphatic rings. The second-order valence-corrected chi connectivity index (χ2v) is 6.84. The molecule has 1 unspecified atom stereocenters. The monoisotopic (exact) mass is 272 g/mol. The lowest BCUT2D eigenvalue weighted by Gasteiger charge is -2.13. The quantitative estimate of drug-likeness (QED) is 0.401. The van der Waals surface area contributed by atoms with Gasteiger partial charge < -0.3 is 0 Å². The van der Waals surface area contributed by atoms with E-state index in [4.69, 9.17) is 4.55 Å². The molecule has 0 spiro atoms. The predicted molar refractivity (Wildman–Crippen MR) is 59.9 cm³/mol. The molecule has 1 N–H and O–H groups in total. The normalized spacial score (nSPS) is 14.6. The van der Waals surface area contributed by atoms with Crippen LogP contribution in [0, 0.1) is 0 Å². The fourth-order valence-electron chi connectivity index (χ4n) is 1.03. The van der Waals surface area contributed by atoms with Gasteiger partial charge in [-0.15, -0.1) is 6.58 Å². The third kappa shape index (κ3) is 5.06. The topological polar surface area (TPSA) is 97.7 Å². The Morgan fingerprint density at radius 2 is 1.94 bits per heavy atom. The summed E-state index contributed by atoms with van der Waals surface area (Å²) in [5.41, 5.74) is 0. The van der Waals surface area contributed by atoms with Crippen LogP contribution in [0.25, 0.3) is 0 Å². The average molecular weight is 272 g/mol. The van der Waals surface area contributed by atoms with E-state index < -0.39 is 24.8 Å². The Hall–Kier alpha value is -0.440. The molecule has 0 radical (unpaired) electrons. The maximum absolute atomic E-state index is 11.4. The van der Waals surface area contributed by atoms with Crippen LogP contribution in [0.3, 0.4) is 0 Å². The molecule has 0 bridgehead atoms. The van der Waals surface area contributed by atoms with Gasteiger partial charge in [-0.1, -0.05) is 25.8 Å². The van der Waals surface area contributed by atoms with Crippen LogP contribution in [0.1, 0.15) is 26.2 Å². The molecule has 0 heterocycles. The second-order valence-electron chi connectivity index (χ2n) is 3.15. The molecule has 8 heteroatoms. The third-order valence-electron chi connectivity index (χ3n) is 1.80. The molecule has 0 saturated heterocycles. The van der Waals surface area contributed by atoms with Gasteiger partial charge in [0.1, 0.15) is 0 Å². The highest BCUT2D eigenvalue weighted by Crippen LogP contribution is 2.17. The fourth-order valence-corrected chi connectivity index (χ4v) is 3.75. The SMILES string of the molecule is C=CCOS(=O)(=O)C(CCCC)S(=O)(=O)O. The van der Waals surface area contributed by atoms with E-state index in [0.717, 1.165) is 0 Å². The van der Waals surface area contributed by atoms with Crippen LogP contribution in [-0.4, -0.2) is 32.6 Å². The summed E-state index contributed by atoms with van der Waals surface area (Å²) < 4.78 is 56.0. The van der Waals surface area contributed by atoms with Crippen LogP contribution in [0.5, 0.6) is 0 Å². The van der Waals surface area contributed by atoms with Crippen LogP contribution in [-0.2, 0) is 24.4 Å². The van der Waals surface area contributed by atoms with Crippen LogP contribution in [0.15, 0.2) is 12.7 Å². The molecule has 1 atom stereocenters. The molecule has 0 aromatic carbocycles. The van der Waals surface area contributed by atoms with Crippen LogP contribution < -0.4 is 0 Å². The summed E-state index contributed by atoms with van der Waals surface area (Å²) in [5, 5.41) is 0. The summed E-state index contributed by atoms with van der Waals surface area (Å²) in [5.74, 6) is 0. The summed E-state index contributed by atoms with van der Waals surface area (Å²) in [6, 6.07) is 0. The lowest BCUT2D eigenvalue weighted by Crippen LogP contribution is -2.31. The van der Waals surface area contributed by atoms with Crippen LogP contribution in [0.2, 0.25) is 0 Å². The Bertz CT molecular complexity index is 408. The van der Waals surface area contributed by atoms with E-state index >= 15 is 0 Å². The summed E-state index contributed by atoms with van der Waals surface area (Å²) in [6.07, 6.45) is 1.97. The molecule has 96 valence electrons. The molecule has 0 aliphatic carbocycles.